The van der Waals surface area contributed by atoms with Crippen LogP contribution in [0.15, 0.2) is 0 Å². The fourth-order valence-corrected chi connectivity index (χ4v) is 7.92. The molecular formula is C54H105AlO6. The second-order valence-corrected chi connectivity index (χ2v) is 18.2. The van der Waals surface area contributed by atoms with E-state index in [0.29, 0.717) is 0 Å². The van der Waals surface area contributed by atoms with Crippen LogP contribution in [0.1, 0.15) is 329 Å². The second kappa shape index (κ2) is 63.2. The topological polar surface area (TPSA) is 120 Å². The summed E-state index contributed by atoms with van der Waals surface area (Å²) in [6, 6.07) is 0. The molecule has 0 N–H and O–H groups in total. The Morgan fingerprint density at radius 2 is 0.311 bits per heavy atom. The maximum Gasteiger partial charge on any atom is 3.00 e. The average molecular weight is 877 g/mol. The summed E-state index contributed by atoms with van der Waals surface area (Å²) in [6.45, 7) is 6.80. The van der Waals surface area contributed by atoms with Gasteiger partial charge in [-0.15, -0.1) is 0 Å². The van der Waals surface area contributed by atoms with Gasteiger partial charge in [0.15, 0.2) is 0 Å². The number of aliphatic carboxylic acids is 3. The molecule has 0 saturated heterocycles. The maximum absolute atomic E-state index is 10.2. The van der Waals surface area contributed by atoms with Crippen LogP contribution in [0.2, 0.25) is 0 Å². The van der Waals surface area contributed by atoms with Crippen LogP contribution in [0.4, 0.5) is 0 Å². The summed E-state index contributed by atoms with van der Waals surface area (Å²) in [6.07, 6.45) is 59.6. The van der Waals surface area contributed by atoms with Crippen molar-refractivity contribution in [1.29, 1.82) is 0 Å². The molecule has 6 nitrogen and oxygen atoms in total. The standard InChI is InChI=1S/3C18H36O2.Al/c3*1-2-3-4-5-6-7-8-9-10-11-12-13-14-15-16-17-18(19)20;/h3*2-17H2,1H3,(H,19,20);/q;;;+3/p-3. The van der Waals surface area contributed by atoms with Gasteiger partial charge in [-0.25, -0.2) is 0 Å². The summed E-state index contributed by atoms with van der Waals surface area (Å²) in [4.78, 5) is 30.7. The third kappa shape index (κ3) is 76.6. The van der Waals surface area contributed by atoms with Crippen LogP contribution in [-0.2, 0) is 14.4 Å². The molecule has 0 aliphatic rings. The predicted molar refractivity (Wildman–Crippen MR) is 259 cm³/mol. The van der Waals surface area contributed by atoms with Crippen molar-refractivity contribution in [3.8, 4) is 0 Å². The molecule has 0 atom stereocenters. The van der Waals surface area contributed by atoms with Gasteiger partial charge >= 0.3 is 17.4 Å². The van der Waals surface area contributed by atoms with Crippen molar-refractivity contribution in [2.45, 2.75) is 329 Å². The van der Waals surface area contributed by atoms with Crippen molar-refractivity contribution >= 4 is 35.3 Å². The van der Waals surface area contributed by atoms with E-state index >= 15 is 0 Å². The predicted octanol–water partition coefficient (Wildman–Crippen LogP) is 14.6. The normalized spacial score (nSPS) is 10.7. The van der Waals surface area contributed by atoms with E-state index in [1.807, 2.05) is 0 Å². The first-order valence-electron chi connectivity index (χ1n) is 26.9. The van der Waals surface area contributed by atoms with E-state index in [-0.39, 0.29) is 36.6 Å². The Labute approximate surface area is 392 Å². The molecule has 0 aromatic carbocycles. The van der Waals surface area contributed by atoms with Crippen molar-refractivity contribution in [2.24, 2.45) is 0 Å². The number of hydrogen-bond acceptors (Lipinski definition) is 6. The number of hydrogen-bond donors (Lipinski definition) is 0. The average Bonchev–Trinajstić information content (AvgIpc) is 3.22. The summed E-state index contributed by atoms with van der Waals surface area (Å²) in [5.41, 5.74) is 0. The van der Waals surface area contributed by atoms with E-state index in [9.17, 15) is 29.7 Å². The van der Waals surface area contributed by atoms with E-state index in [1.54, 1.807) is 0 Å². The number of carbonyl (C=O) groups excluding carboxylic acids is 3. The zero-order valence-electron chi connectivity index (χ0n) is 41.5. The van der Waals surface area contributed by atoms with Gasteiger partial charge in [0.05, 0.1) is 0 Å². The first-order chi connectivity index (χ1) is 29.3. The molecule has 0 aliphatic carbocycles. The molecule has 360 valence electrons. The molecule has 0 radical (unpaired) electrons. The summed E-state index contributed by atoms with van der Waals surface area (Å²) in [5, 5.41) is 30.7. The molecule has 0 fully saturated rings. The van der Waals surface area contributed by atoms with Gasteiger partial charge in [0.2, 0.25) is 0 Å². The largest absolute Gasteiger partial charge is 3.00 e. The van der Waals surface area contributed by atoms with E-state index in [1.165, 1.54) is 250 Å². The molecular weight excluding hydrogens is 772 g/mol. The molecule has 0 aromatic heterocycles. The molecule has 0 spiro atoms. The molecule has 61 heavy (non-hydrogen) atoms. The summed E-state index contributed by atoms with van der Waals surface area (Å²) < 4.78 is 0. The first-order valence-corrected chi connectivity index (χ1v) is 26.9. The number of carboxylic acid groups (broad SMARTS) is 3. The zero-order chi connectivity index (χ0) is 44.7. The monoisotopic (exact) mass is 877 g/mol. The van der Waals surface area contributed by atoms with Crippen LogP contribution < -0.4 is 15.3 Å². The molecule has 0 unspecified atom stereocenters. The zero-order valence-corrected chi connectivity index (χ0v) is 42.6. The molecule has 0 saturated carbocycles. The summed E-state index contributed by atoms with van der Waals surface area (Å²) >= 11 is 0. The Kier molecular flexibility index (Phi) is 69.0. The number of carboxylic acids is 3. The fraction of sp³-hybridized carbons (Fsp3) is 0.944. The molecule has 0 heterocycles. The van der Waals surface area contributed by atoms with Crippen molar-refractivity contribution in [3.05, 3.63) is 0 Å². The number of carbonyl (C=O) groups is 3. The Balaban J connectivity index is -0.000000396. The Hall–Kier alpha value is -1.06. The van der Waals surface area contributed by atoms with Crippen molar-refractivity contribution in [3.63, 3.8) is 0 Å². The number of unbranched alkanes of at least 4 members (excludes halogenated alkanes) is 42. The van der Waals surface area contributed by atoms with Gasteiger partial charge < -0.3 is 29.7 Å². The molecule has 7 heteroatoms. The van der Waals surface area contributed by atoms with Crippen molar-refractivity contribution < 1.29 is 29.7 Å². The van der Waals surface area contributed by atoms with Crippen molar-refractivity contribution in [2.75, 3.05) is 0 Å². The van der Waals surface area contributed by atoms with Gasteiger partial charge in [0.25, 0.3) is 0 Å². The summed E-state index contributed by atoms with van der Waals surface area (Å²) in [5.74, 6) is -2.71. The van der Waals surface area contributed by atoms with E-state index in [2.05, 4.69) is 20.8 Å². The number of rotatable bonds is 48. The van der Waals surface area contributed by atoms with Crippen LogP contribution in [0.5, 0.6) is 0 Å². The van der Waals surface area contributed by atoms with Gasteiger partial charge in [0.1, 0.15) is 0 Å². The van der Waals surface area contributed by atoms with Gasteiger partial charge in [0, 0.05) is 17.9 Å². The van der Waals surface area contributed by atoms with Gasteiger partial charge in [-0.05, 0) is 38.5 Å². The molecule has 0 bridgehead atoms. The summed E-state index contributed by atoms with van der Waals surface area (Å²) in [7, 11) is 0. The van der Waals surface area contributed by atoms with E-state index in [0.717, 1.165) is 38.5 Å². The third-order valence-electron chi connectivity index (χ3n) is 12.0. The minimum Gasteiger partial charge on any atom is -0.550 e. The van der Waals surface area contributed by atoms with Crippen molar-refractivity contribution in [1.82, 2.24) is 0 Å². The Morgan fingerprint density at radius 1 is 0.213 bits per heavy atom. The first kappa shape index (κ1) is 66.5. The minimum atomic E-state index is -0.903. The van der Waals surface area contributed by atoms with E-state index < -0.39 is 17.9 Å². The van der Waals surface area contributed by atoms with Crippen LogP contribution in [0.3, 0.4) is 0 Å². The Bertz CT molecular complexity index is 717. The SMILES string of the molecule is CCCCCCCCCCCCCCCCCC(=O)[O-].CCCCCCCCCCCCCCCCCC(=O)[O-].CCCCCCCCCCCCCCCCCC(=O)[O-].[Al+3]. The molecule has 0 aromatic rings. The quantitative estimate of drug-likeness (QED) is 0.0443. The van der Waals surface area contributed by atoms with Crippen LogP contribution in [0.25, 0.3) is 0 Å². The van der Waals surface area contributed by atoms with Crippen LogP contribution in [-0.4, -0.2) is 35.3 Å². The molecule has 0 rings (SSSR count). The molecule has 0 aliphatic heterocycles. The van der Waals surface area contributed by atoms with Gasteiger partial charge in [-0.2, -0.15) is 0 Å². The third-order valence-corrected chi connectivity index (χ3v) is 12.0. The van der Waals surface area contributed by atoms with Crippen LogP contribution in [0, 0.1) is 0 Å². The smallest absolute Gasteiger partial charge is 0.550 e. The molecule has 0 amide bonds. The minimum absolute atomic E-state index is 0. The van der Waals surface area contributed by atoms with Crippen LogP contribution >= 0.6 is 0 Å². The van der Waals surface area contributed by atoms with Gasteiger partial charge in [-0.3, -0.25) is 0 Å². The fourth-order valence-electron chi connectivity index (χ4n) is 7.92. The Morgan fingerprint density at radius 3 is 0.410 bits per heavy atom. The second-order valence-electron chi connectivity index (χ2n) is 18.2. The van der Waals surface area contributed by atoms with Gasteiger partial charge in [-0.1, -0.05) is 290 Å². The van der Waals surface area contributed by atoms with E-state index in [4.69, 9.17) is 0 Å². The maximum atomic E-state index is 10.2.